The zero-order valence-corrected chi connectivity index (χ0v) is 20.8. The van der Waals surface area contributed by atoms with Crippen molar-refractivity contribution in [3.8, 4) is 23.3 Å². The minimum atomic E-state index is -0.581. The number of carbonyl (C=O) groups is 2. The first-order valence-electron chi connectivity index (χ1n) is 11.8. The zero-order chi connectivity index (χ0) is 26.5. The van der Waals surface area contributed by atoms with Crippen molar-refractivity contribution in [2.24, 2.45) is 0 Å². The Morgan fingerprint density at radius 1 is 0.973 bits per heavy atom. The second-order valence-electron chi connectivity index (χ2n) is 7.93. The quantitative estimate of drug-likeness (QED) is 0.167. The van der Waals surface area contributed by atoms with Gasteiger partial charge in [0.15, 0.2) is 11.5 Å². The molecule has 7 heteroatoms. The Kier molecular flexibility index (Phi) is 10.1. The van der Waals surface area contributed by atoms with Crippen molar-refractivity contribution in [3.05, 3.63) is 101 Å². The molecule has 0 heterocycles. The van der Waals surface area contributed by atoms with Gasteiger partial charge in [-0.1, -0.05) is 55.5 Å². The largest absolute Gasteiger partial charge is 0.493 e. The number of ether oxygens (including phenoxy) is 3. The van der Waals surface area contributed by atoms with Gasteiger partial charge in [0.2, 0.25) is 0 Å². The molecule has 0 aliphatic carbocycles. The minimum Gasteiger partial charge on any atom is -0.493 e. The summed E-state index contributed by atoms with van der Waals surface area (Å²) in [5.41, 5.74) is 2.42. The van der Waals surface area contributed by atoms with Gasteiger partial charge in [0, 0.05) is 12.6 Å². The number of hydrogen-bond donors (Lipinski definition) is 1. The molecule has 0 unspecified atom stereocenters. The summed E-state index contributed by atoms with van der Waals surface area (Å²) < 4.78 is 16.5. The highest BCUT2D eigenvalue weighted by Crippen LogP contribution is 2.29. The van der Waals surface area contributed by atoms with Crippen LogP contribution in [0.15, 0.2) is 84.4 Å². The smallest absolute Gasteiger partial charge is 0.336 e. The van der Waals surface area contributed by atoms with Gasteiger partial charge in [0.1, 0.15) is 24.0 Å². The van der Waals surface area contributed by atoms with E-state index in [-0.39, 0.29) is 11.3 Å². The van der Waals surface area contributed by atoms with Gasteiger partial charge in [-0.3, -0.25) is 4.79 Å². The fraction of sp³-hybridized carbons (Fsp3) is 0.167. The van der Waals surface area contributed by atoms with Crippen LogP contribution in [0.2, 0.25) is 0 Å². The van der Waals surface area contributed by atoms with Crippen LogP contribution in [0.1, 0.15) is 30.0 Å². The molecule has 0 aliphatic heterocycles. The van der Waals surface area contributed by atoms with Crippen molar-refractivity contribution >= 4 is 24.0 Å². The van der Waals surface area contributed by atoms with E-state index in [2.05, 4.69) is 5.32 Å². The fourth-order valence-electron chi connectivity index (χ4n) is 3.23. The molecule has 1 N–H and O–H groups in total. The predicted molar refractivity (Wildman–Crippen MR) is 142 cm³/mol. The average Bonchev–Trinajstić information content (AvgIpc) is 2.94. The van der Waals surface area contributed by atoms with E-state index in [0.717, 1.165) is 23.3 Å². The van der Waals surface area contributed by atoms with Crippen LogP contribution in [-0.4, -0.2) is 25.5 Å². The molecule has 37 heavy (non-hydrogen) atoms. The number of nitrogens with zero attached hydrogens (tertiary/aromatic N) is 1. The van der Waals surface area contributed by atoms with E-state index in [1.165, 1.54) is 19.3 Å². The van der Waals surface area contributed by atoms with Crippen LogP contribution in [0.4, 0.5) is 0 Å². The van der Waals surface area contributed by atoms with Gasteiger partial charge in [-0.05, 0) is 59.5 Å². The number of rotatable bonds is 11. The summed E-state index contributed by atoms with van der Waals surface area (Å²) in [6.45, 7) is 2.88. The Bertz CT molecular complexity index is 1310. The van der Waals surface area contributed by atoms with E-state index in [4.69, 9.17) is 14.2 Å². The molecule has 3 aromatic rings. The van der Waals surface area contributed by atoms with Crippen LogP contribution in [0.3, 0.4) is 0 Å². The van der Waals surface area contributed by atoms with E-state index in [9.17, 15) is 14.9 Å². The van der Waals surface area contributed by atoms with Crippen LogP contribution in [-0.2, 0) is 16.2 Å². The first kappa shape index (κ1) is 26.8. The van der Waals surface area contributed by atoms with Gasteiger partial charge in [-0.2, -0.15) is 5.26 Å². The molecule has 0 spiro atoms. The number of benzene rings is 3. The number of esters is 1. The third kappa shape index (κ3) is 8.41. The van der Waals surface area contributed by atoms with Gasteiger partial charge in [0.05, 0.1) is 7.11 Å². The average molecular weight is 497 g/mol. The van der Waals surface area contributed by atoms with Crippen molar-refractivity contribution in [3.63, 3.8) is 0 Å². The lowest BCUT2D eigenvalue weighted by molar-refractivity contribution is -0.129. The maximum atomic E-state index is 12.4. The Balaban J connectivity index is 1.60. The lowest BCUT2D eigenvalue weighted by Gasteiger charge is -2.09. The van der Waals surface area contributed by atoms with E-state index >= 15 is 0 Å². The van der Waals surface area contributed by atoms with Crippen LogP contribution in [0, 0.1) is 11.3 Å². The SMILES string of the molecule is CCCNC(=O)/C(C#N)=C/c1ccc(OC(=O)/C=C/c2ccc(OCc3ccccc3)cc2)c(OC)c1. The van der Waals surface area contributed by atoms with Crippen molar-refractivity contribution in [2.45, 2.75) is 20.0 Å². The van der Waals surface area contributed by atoms with E-state index in [1.54, 1.807) is 24.3 Å². The number of carbonyl (C=O) groups excluding carboxylic acids is 2. The van der Waals surface area contributed by atoms with Gasteiger partial charge in [0.25, 0.3) is 5.91 Å². The molecule has 0 aliphatic rings. The maximum Gasteiger partial charge on any atom is 0.336 e. The molecule has 0 saturated heterocycles. The topological polar surface area (TPSA) is 97.7 Å². The maximum absolute atomic E-state index is 12.4. The zero-order valence-electron chi connectivity index (χ0n) is 20.8. The molecular weight excluding hydrogens is 468 g/mol. The monoisotopic (exact) mass is 496 g/mol. The standard InChI is InChI=1S/C30H28N2O5/c1-3-17-32-30(34)25(20-31)18-24-11-15-27(28(19-24)35-2)37-29(33)16-12-22-9-13-26(14-10-22)36-21-23-7-5-4-6-8-23/h4-16,18-19H,3,17,21H2,1-2H3,(H,32,34)/b16-12+,25-18+. The van der Waals surface area contributed by atoms with Crippen LogP contribution in [0.5, 0.6) is 17.2 Å². The summed E-state index contributed by atoms with van der Waals surface area (Å²) in [5.74, 6) is 0.210. The summed E-state index contributed by atoms with van der Waals surface area (Å²) in [6, 6.07) is 23.9. The van der Waals surface area contributed by atoms with Crippen LogP contribution in [0.25, 0.3) is 12.2 Å². The minimum absolute atomic E-state index is 0.0281. The summed E-state index contributed by atoms with van der Waals surface area (Å²) in [5, 5.41) is 12.0. The van der Waals surface area contributed by atoms with Crippen molar-refractivity contribution in [1.29, 1.82) is 5.26 Å². The second-order valence-corrected chi connectivity index (χ2v) is 7.93. The number of amides is 1. The first-order chi connectivity index (χ1) is 18.0. The number of nitriles is 1. The fourth-order valence-corrected chi connectivity index (χ4v) is 3.23. The highest BCUT2D eigenvalue weighted by molar-refractivity contribution is 6.01. The highest BCUT2D eigenvalue weighted by Gasteiger charge is 2.12. The molecule has 7 nitrogen and oxygen atoms in total. The van der Waals surface area contributed by atoms with E-state index in [1.807, 2.05) is 67.6 Å². The lowest BCUT2D eigenvalue weighted by Crippen LogP contribution is -2.25. The molecule has 3 aromatic carbocycles. The highest BCUT2D eigenvalue weighted by atomic mass is 16.6. The van der Waals surface area contributed by atoms with Crippen molar-refractivity contribution < 1.29 is 23.8 Å². The Labute approximate surface area is 216 Å². The lowest BCUT2D eigenvalue weighted by atomic mass is 10.1. The predicted octanol–water partition coefficient (Wildman–Crippen LogP) is 5.33. The summed E-state index contributed by atoms with van der Waals surface area (Å²) in [7, 11) is 1.44. The van der Waals surface area contributed by atoms with E-state index < -0.39 is 11.9 Å². The molecule has 1 amide bonds. The molecule has 3 rings (SSSR count). The Hall–Kier alpha value is -4.83. The number of methoxy groups -OCH3 is 1. The second kappa shape index (κ2) is 13.9. The van der Waals surface area contributed by atoms with Gasteiger partial charge in [-0.15, -0.1) is 0 Å². The molecule has 0 fully saturated rings. The van der Waals surface area contributed by atoms with Gasteiger partial charge in [-0.25, -0.2) is 4.79 Å². The third-order valence-corrected chi connectivity index (χ3v) is 5.15. The summed E-state index contributed by atoms with van der Waals surface area (Å²) >= 11 is 0. The summed E-state index contributed by atoms with van der Waals surface area (Å²) in [6.07, 6.45) is 5.17. The Morgan fingerprint density at radius 2 is 1.70 bits per heavy atom. The third-order valence-electron chi connectivity index (χ3n) is 5.15. The van der Waals surface area contributed by atoms with Gasteiger partial charge >= 0.3 is 5.97 Å². The summed E-state index contributed by atoms with van der Waals surface area (Å²) in [4.78, 5) is 24.5. The molecule has 0 radical (unpaired) electrons. The number of nitrogens with one attached hydrogen (secondary N) is 1. The molecule has 0 aromatic heterocycles. The van der Waals surface area contributed by atoms with Crippen molar-refractivity contribution in [1.82, 2.24) is 5.32 Å². The molecular formula is C30H28N2O5. The molecule has 0 saturated carbocycles. The van der Waals surface area contributed by atoms with E-state index in [0.29, 0.717) is 24.5 Å². The van der Waals surface area contributed by atoms with Crippen LogP contribution >= 0.6 is 0 Å². The molecule has 0 bridgehead atoms. The first-order valence-corrected chi connectivity index (χ1v) is 11.8. The van der Waals surface area contributed by atoms with Gasteiger partial charge < -0.3 is 19.5 Å². The molecule has 0 atom stereocenters. The van der Waals surface area contributed by atoms with Crippen LogP contribution < -0.4 is 19.5 Å². The Morgan fingerprint density at radius 3 is 2.38 bits per heavy atom. The molecule has 188 valence electrons. The van der Waals surface area contributed by atoms with Crippen molar-refractivity contribution in [2.75, 3.05) is 13.7 Å². The normalized spacial score (nSPS) is 11.0. The number of hydrogen-bond acceptors (Lipinski definition) is 6.